The summed E-state index contributed by atoms with van der Waals surface area (Å²) >= 11 is 9.19. The van der Waals surface area contributed by atoms with Crippen LogP contribution in [-0.2, 0) is 15.0 Å². The normalized spacial score (nSPS) is 23.1. The molecule has 2 atom stereocenters. The van der Waals surface area contributed by atoms with E-state index in [1.165, 1.54) is 36.5 Å². The number of aliphatic imine (C=N–C) groups is 1. The summed E-state index contributed by atoms with van der Waals surface area (Å²) in [4.78, 5) is 36.8. The van der Waals surface area contributed by atoms with Gasteiger partial charge in [0.15, 0.2) is 0 Å². The summed E-state index contributed by atoms with van der Waals surface area (Å²) in [7, 11) is 0. The Morgan fingerprint density at radius 2 is 2.09 bits per heavy atom. The summed E-state index contributed by atoms with van der Waals surface area (Å²) in [5.74, 6) is -1.03. The average Bonchev–Trinajstić information content (AvgIpc) is 3.35. The minimum absolute atomic E-state index is 0.00790. The fourth-order valence-corrected chi connectivity index (χ4v) is 4.43. The third-order valence-electron chi connectivity index (χ3n) is 5.33. The first-order valence-electron chi connectivity index (χ1n) is 9.35. The molecule has 0 radical (unpaired) electrons. The van der Waals surface area contributed by atoms with Gasteiger partial charge in [-0.25, -0.2) is 5.48 Å². The molecule has 1 aromatic heterocycles. The monoisotopic (exact) mass is 530 g/mol. The molecule has 2 unspecified atom stereocenters. The van der Waals surface area contributed by atoms with Crippen molar-refractivity contribution in [1.29, 1.82) is 0 Å². The van der Waals surface area contributed by atoms with Crippen molar-refractivity contribution in [1.82, 2.24) is 15.8 Å². The molecule has 1 aromatic carbocycles. The molecule has 2 amide bonds. The van der Waals surface area contributed by atoms with E-state index in [1.807, 2.05) is 0 Å². The molecule has 1 fully saturated rings. The van der Waals surface area contributed by atoms with Crippen molar-refractivity contribution in [2.45, 2.75) is 24.1 Å². The molecule has 0 saturated carbocycles. The number of halogens is 5. The number of hydrogen-bond donors (Lipinski definition) is 2. The van der Waals surface area contributed by atoms with E-state index in [0.29, 0.717) is 4.47 Å². The van der Waals surface area contributed by atoms with Gasteiger partial charge in [-0.15, -0.1) is 0 Å². The second-order valence-corrected chi connectivity index (χ2v) is 8.77. The van der Waals surface area contributed by atoms with E-state index in [1.54, 1.807) is 0 Å². The predicted molar refractivity (Wildman–Crippen MR) is 112 cm³/mol. The van der Waals surface area contributed by atoms with Crippen LogP contribution in [0.3, 0.4) is 0 Å². The number of alkyl halides is 3. The zero-order valence-corrected chi connectivity index (χ0v) is 18.5. The molecule has 168 valence electrons. The summed E-state index contributed by atoms with van der Waals surface area (Å²) in [6.07, 6.45) is -3.77. The number of carbonyl (C=O) groups is 2. The Morgan fingerprint density at radius 3 is 2.69 bits per heavy atom. The van der Waals surface area contributed by atoms with Crippen LogP contribution in [0.1, 0.15) is 28.0 Å². The maximum absolute atomic E-state index is 14.2. The lowest BCUT2D eigenvalue weighted by molar-refractivity contribution is -0.183. The summed E-state index contributed by atoms with van der Waals surface area (Å²) in [6, 6.07) is 6.21. The lowest BCUT2D eigenvalue weighted by atomic mass is 9.77. The molecule has 2 aliphatic heterocycles. The van der Waals surface area contributed by atoms with E-state index in [-0.39, 0.29) is 34.2 Å². The van der Waals surface area contributed by atoms with Crippen LogP contribution < -0.4 is 10.8 Å². The maximum Gasteiger partial charge on any atom is 0.400 e. The standard InChI is InChI=1S/C20H15BrClF3N4O3/c21-12-3-11(4-13(22)5-12)19(20(23,24)25)6-15(27-9-19)14-2-1-10(7-26-14)17(30)28-16-8-32-29-18(16)31/h1-5,7,16H,6,8-9H2,(H,28,30)(H,29,31). The van der Waals surface area contributed by atoms with Crippen LogP contribution in [0.2, 0.25) is 5.02 Å². The van der Waals surface area contributed by atoms with Gasteiger partial charge in [0.2, 0.25) is 0 Å². The van der Waals surface area contributed by atoms with E-state index in [0.717, 1.165) is 0 Å². The first kappa shape index (κ1) is 22.7. The minimum atomic E-state index is -4.58. The number of nitrogens with one attached hydrogen (secondary N) is 2. The van der Waals surface area contributed by atoms with Gasteiger partial charge in [0.25, 0.3) is 11.8 Å². The summed E-state index contributed by atoms with van der Waals surface area (Å²) < 4.78 is 43.0. The van der Waals surface area contributed by atoms with Crippen molar-refractivity contribution < 1.29 is 27.6 Å². The van der Waals surface area contributed by atoms with E-state index in [9.17, 15) is 22.8 Å². The van der Waals surface area contributed by atoms with Crippen LogP contribution in [0.15, 0.2) is 46.0 Å². The summed E-state index contributed by atoms with van der Waals surface area (Å²) in [5, 5.41) is 2.67. The quantitative estimate of drug-likeness (QED) is 0.633. The fourth-order valence-electron chi connectivity index (χ4n) is 3.57. The molecule has 0 bridgehead atoms. The van der Waals surface area contributed by atoms with Crippen molar-refractivity contribution in [2.75, 3.05) is 13.2 Å². The van der Waals surface area contributed by atoms with Crippen molar-refractivity contribution in [3.05, 3.63) is 62.8 Å². The van der Waals surface area contributed by atoms with Gasteiger partial charge in [0.1, 0.15) is 18.1 Å². The zero-order chi connectivity index (χ0) is 23.1. The molecular weight excluding hydrogens is 517 g/mol. The van der Waals surface area contributed by atoms with Gasteiger partial charge in [-0.3, -0.25) is 24.4 Å². The van der Waals surface area contributed by atoms with Gasteiger partial charge < -0.3 is 5.32 Å². The SMILES string of the molecule is O=C(NC1CONC1=O)c1ccc(C2=NCC(c3cc(Cl)cc(Br)c3)(C(F)(F)F)C2)nc1. The van der Waals surface area contributed by atoms with Crippen molar-refractivity contribution in [3.8, 4) is 0 Å². The van der Waals surface area contributed by atoms with E-state index >= 15 is 0 Å². The zero-order valence-electron chi connectivity index (χ0n) is 16.2. The molecule has 0 spiro atoms. The average molecular weight is 532 g/mol. The molecule has 2 aliphatic rings. The number of carbonyl (C=O) groups excluding carboxylic acids is 2. The second-order valence-electron chi connectivity index (χ2n) is 7.41. The highest BCUT2D eigenvalue weighted by Crippen LogP contribution is 2.48. The second kappa shape index (κ2) is 8.45. The third-order valence-corrected chi connectivity index (χ3v) is 6.01. The number of hydroxylamine groups is 1. The minimum Gasteiger partial charge on any atom is -0.338 e. The molecule has 2 aromatic rings. The third kappa shape index (κ3) is 4.24. The van der Waals surface area contributed by atoms with Crippen LogP contribution in [0, 0.1) is 0 Å². The molecule has 3 heterocycles. The molecular formula is C20H15BrClF3N4O3. The highest BCUT2D eigenvalue weighted by atomic mass is 79.9. The van der Waals surface area contributed by atoms with Crippen molar-refractivity contribution >= 4 is 45.1 Å². The van der Waals surface area contributed by atoms with E-state index in [4.69, 9.17) is 16.4 Å². The number of pyridine rings is 1. The largest absolute Gasteiger partial charge is 0.400 e. The van der Waals surface area contributed by atoms with Gasteiger partial charge in [-0.2, -0.15) is 13.2 Å². The fraction of sp³-hybridized carbons (Fsp3) is 0.300. The molecule has 7 nitrogen and oxygen atoms in total. The molecule has 4 rings (SSSR count). The Labute approximate surface area is 193 Å². The Morgan fingerprint density at radius 1 is 1.31 bits per heavy atom. The van der Waals surface area contributed by atoms with Crippen LogP contribution in [0.25, 0.3) is 0 Å². The van der Waals surface area contributed by atoms with Crippen molar-refractivity contribution in [2.24, 2.45) is 4.99 Å². The Balaban J connectivity index is 1.55. The number of aromatic nitrogens is 1. The molecule has 1 saturated heterocycles. The van der Waals surface area contributed by atoms with Gasteiger partial charge in [0, 0.05) is 22.1 Å². The number of nitrogens with zero attached hydrogens (tertiary/aromatic N) is 2. The molecule has 0 aliphatic carbocycles. The van der Waals surface area contributed by atoms with Gasteiger partial charge in [-0.05, 0) is 35.9 Å². The summed E-state index contributed by atoms with van der Waals surface area (Å²) in [6.45, 7) is -0.509. The smallest absolute Gasteiger partial charge is 0.338 e. The first-order valence-corrected chi connectivity index (χ1v) is 10.5. The topological polar surface area (TPSA) is 92.7 Å². The van der Waals surface area contributed by atoms with Gasteiger partial charge in [0.05, 0.1) is 23.5 Å². The molecule has 32 heavy (non-hydrogen) atoms. The summed E-state index contributed by atoms with van der Waals surface area (Å²) in [5.41, 5.74) is 0.456. The van der Waals surface area contributed by atoms with Crippen LogP contribution in [-0.4, -0.2) is 47.9 Å². The van der Waals surface area contributed by atoms with Gasteiger partial charge >= 0.3 is 6.18 Å². The van der Waals surface area contributed by atoms with E-state index in [2.05, 4.69) is 36.7 Å². The molecule has 12 heteroatoms. The Kier molecular flexibility index (Phi) is 5.99. The lowest BCUT2D eigenvalue weighted by Gasteiger charge is -2.31. The predicted octanol–water partition coefficient (Wildman–Crippen LogP) is 3.35. The van der Waals surface area contributed by atoms with Crippen LogP contribution in [0.5, 0.6) is 0 Å². The van der Waals surface area contributed by atoms with Gasteiger partial charge in [-0.1, -0.05) is 27.5 Å². The lowest BCUT2D eigenvalue weighted by Crippen LogP contribution is -2.43. The maximum atomic E-state index is 14.2. The first-order chi connectivity index (χ1) is 15.1. The number of benzene rings is 1. The number of amides is 2. The Hall–Kier alpha value is -2.50. The molecule has 2 N–H and O–H groups in total. The van der Waals surface area contributed by atoms with E-state index < -0.39 is 42.4 Å². The van der Waals surface area contributed by atoms with Crippen LogP contribution in [0.4, 0.5) is 13.2 Å². The van der Waals surface area contributed by atoms with Crippen molar-refractivity contribution in [3.63, 3.8) is 0 Å². The number of rotatable bonds is 4. The number of hydrogen-bond acceptors (Lipinski definition) is 5. The highest BCUT2D eigenvalue weighted by molar-refractivity contribution is 9.10. The Bertz CT molecular complexity index is 1090. The van der Waals surface area contributed by atoms with Crippen LogP contribution >= 0.6 is 27.5 Å². The highest BCUT2D eigenvalue weighted by Gasteiger charge is 2.58.